The molecule has 23 heavy (non-hydrogen) atoms. The molecule has 1 N–H and O–H groups in total. The van der Waals surface area contributed by atoms with Gasteiger partial charge >= 0.3 is 0 Å². The fourth-order valence-electron chi connectivity index (χ4n) is 1.96. The van der Waals surface area contributed by atoms with E-state index in [1.165, 1.54) is 11.8 Å². The van der Waals surface area contributed by atoms with Gasteiger partial charge in [0, 0.05) is 23.2 Å². The van der Waals surface area contributed by atoms with Crippen molar-refractivity contribution in [2.24, 2.45) is 0 Å². The average Bonchev–Trinajstić information content (AvgIpc) is 2.58. The van der Waals surface area contributed by atoms with E-state index in [4.69, 9.17) is 16.3 Å². The number of hydrogen-bond donors (Lipinski definition) is 1. The molecule has 0 bridgehead atoms. The van der Waals surface area contributed by atoms with Crippen LogP contribution in [-0.2, 0) is 6.54 Å². The minimum atomic E-state index is -0.0703. The number of rotatable bonds is 7. The number of allylic oxidation sites excluding steroid dienone is 1. The highest BCUT2D eigenvalue weighted by Gasteiger charge is 2.05. The van der Waals surface area contributed by atoms with Gasteiger partial charge in [-0.1, -0.05) is 35.9 Å². The molecule has 0 spiro atoms. The van der Waals surface area contributed by atoms with Crippen LogP contribution in [0.25, 0.3) is 0 Å². The first-order chi connectivity index (χ1) is 11.1. The summed E-state index contributed by atoms with van der Waals surface area (Å²) in [6.07, 6.45) is 3.53. The molecular formula is C18H18ClNO2S. The maximum absolute atomic E-state index is 12.3. The van der Waals surface area contributed by atoms with Crippen LogP contribution >= 0.6 is 23.4 Å². The molecule has 0 atom stereocenters. The predicted octanol–water partition coefficient (Wildman–Crippen LogP) is 4.53. The summed E-state index contributed by atoms with van der Waals surface area (Å²) in [5.41, 5.74) is 1.69. The van der Waals surface area contributed by atoms with Gasteiger partial charge in [0.2, 0.25) is 0 Å². The Morgan fingerprint density at radius 1 is 1.26 bits per heavy atom. The van der Waals surface area contributed by atoms with E-state index >= 15 is 0 Å². The zero-order valence-corrected chi connectivity index (χ0v) is 14.6. The van der Waals surface area contributed by atoms with Gasteiger partial charge in [-0.25, -0.2) is 0 Å². The van der Waals surface area contributed by atoms with Crippen molar-refractivity contribution in [1.82, 2.24) is 5.32 Å². The van der Waals surface area contributed by atoms with E-state index in [1.54, 1.807) is 37.5 Å². The molecule has 120 valence electrons. The minimum Gasteiger partial charge on any atom is -0.497 e. The SMILES string of the molecule is COc1ccc(CNC(=CC(=O)c2cccc(Cl)c2)SC)cc1. The number of methoxy groups -OCH3 is 1. The lowest BCUT2D eigenvalue weighted by Crippen LogP contribution is -2.12. The third-order valence-corrected chi connectivity index (χ3v) is 4.15. The molecule has 2 aromatic carbocycles. The standard InChI is InChI=1S/C18H18ClNO2S/c1-22-16-8-6-13(7-9-16)12-20-18(23-2)11-17(21)14-4-3-5-15(19)10-14/h3-11,20H,12H2,1-2H3. The first-order valence-electron chi connectivity index (χ1n) is 7.05. The molecule has 3 nitrogen and oxygen atoms in total. The van der Waals surface area contributed by atoms with Crippen LogP contribution in [-0.4, -0.2) is 19.1 Å². The van der Waals surface area contributed by atoms with Crippen molar-refractivity contribution in [2.45, 2.75) is 6.54 Å². The fraction of sp³-hybridized carbons (Fsp3) is 0.167. The third-order valence-electron chi connectivity index (χ3n) is 3.22. The van der Waals surface area contributed by atoms with Crippen molar-refractivity contribution in [2.75, 3.05) is 13.4 Å². The normalized spacial score (nSPS) is 11.2. The highest BCUT2D eigenvalue weighted by Crippen LogP contribution is 2.16. The molecular weight excluding hydrogens is 330 g/mol. The van der Waals surface area contributed by atoms with Gasteiger partial charge in [-0.2, -0.15) is 0 Å². The van der Waals surface area contributed by atoms with Gasteiger partial charge in [0.15, 0.2) is 5.78 Å². The molecule has 0 aliphatic rings. The highest BCUT2D eigenvalue weighted by molar-refractivity contribution is 8.02. The third kappa shape index (κ3) is 5.34. The lowest BCUT2D eigenvalue weighted by Gasteiger charge is -2.09. The zero-order valence-electron chi connectivity index (χ0n) is 13.0. The number of halogens is 1. The summed E-state index contributed by atoms with van der Waals surface area (Å²) < 4.78 is 5.14. The first-order valence-corrected chi connectivity index (χ1v) is 8.65. The molecule has 0 unspecified atom stereocenters. The summed E-state index contributed by atoms with van der Waals surface area (Å²) in [5, 5.41) is 4.64. The minimum absolute atomic E-state index is 0.0703. The summed E-state index contributed by atoms with van der Waals surface area (Å²) in [5.74, 6) is 0.754. The number of nitrogens with one attached hydrogen (secondary N) is 1. The summed E-state index contributed by atoms with van der Waals surface area (Å²) in [6.45, 7) is 0.638. The number of ether oxygens (including phenoxy) is 1. The predicted molar refractivity (Wildman–Crippen MR) is 97.2 cm³/mol. The number of benzene rings is 2. The summed E-state index contributed by atoms with van der Waals surface area (Å²) in [4.78, 5) is 12.3. The van der Waals surface area contributed by atoms with Crippen molar-refractivity contribution in [3.63, 3.8) is 0 Å². The molecule has 0 saturated carbocycles. The Kier molecular flexibility index (Phi) is 6.56. The highest BCUT2D eigenvalue weighted by atomic mass is 35.5. The molecule has 0 radical (unpaired) electrons. The van der Waals surface area contributed by atoms with Crippen molar-refractivity contribution >= 4 is 29.1 Å². The molecule has 0 aliphatic heterocycles. The molecule has 2 aromatic rings. The maximum atomic E-state index is 12.3. The average molecular weight is 348 g/mol. The first kappa shape index (κ1) is 17.4. The van der Waals surface area contributed by atoms with Gasteiger partial charge in [0.25, 0.3) is 0 Å². The van der Waals surface area contributed by atoms with Gasteiger partial charge in [0.1, 0.15) is 5.75 Å². The number of hydrogen-bond acceptors (Lipinski definition) is 4. The molecule has 0 amide bonds. The zero-order chi connectivity index (χ0) is 16.7. The molecule has 0 aromatic heterocycles. The Balaban J connectivity index is 2.02. The second-order valence-electron chi connectivity index (χ2n) is 4.79. The quantitative estimate of drug-likeness (QED) is 0.590. The second-order valence-corrected chi connectivity index (χ2v) is 6.07. The van der Waals surface area contributed by atoms with Crippen LogP contribution in [0.1, 0.15) is 15.9 Å². The molecule has 0 saturated heterocycles. The van der Waals surface area contributed by atoms with Crippen LogP contribution in [0.5, 0.6) is 5.75 Å². The van der Waals surface area contributed by atoms with Crippen LogP contribution in [0.15, 0.2) is 59.6 Å². The van der Waals surface area contributed by atoms with E-state index in [-0.39, 0.29) is 5.78 Å². The molecule has 5 heteroatoms. The lowest BCUT2D eigenvalue weighted by molar-refractivity contribution is 0.104. The maximum Gasteiger partial charge on any atom is 0.188 e. The topological polar surface area (TPSA) is 38.3 Å². The van der Waals surface area contributed by atoms with Gasteiger partial charge in [0.05, 0.1) is 12.1 Å². The van der Waals surface area contributed by atoms with Crippen LogP contribution in [0, 0.1) is 0 Å². The molecule has 0 aliphatic carbocycles. The summed E-state index contributed by atoms with van der Waals surface area (Å²) in [7, 11) is 1.64. The molecule has 0 heterocycles. The monoisotopic (exact) mass is 347 g/mol. The fourth-order valence-corrected chi connectivity index (χ4v) is 2.59. The van der Waals surface area contributed by atoms with Crippen molar-refractivity contribution in [3.05, 3.63) is 75.8 Å². The van der Waals surface area contributed by atoms with E-state index in [2.05, 4.69) is 5.32 Å². The Bertz CT molecular complexity index is 698. The van der Waals surface area contributed by atoms with Crippen LogP contribution in [0.3, 0.4) is 0 Å². The van der Waals surface area contributed by atoms with Crippen LogP contribution < -0.4 is 10.1 Å². The summed E-state index contributed by atoms with van der Waals surface area (Å²) >= 11 is 7.42. The van der Waals surface area contributed by atoms with Crippen molar-refractivity contribution in [3.8, 4) is 5.75 Å². The largest absolute Gasteiger partial charge is 0.497 e. The Morgan fingerprint density at radius 3 is 2.61 bits per heavy atom. The van der Waals surface area contributed by atoms with Gasteiger partial charge in [-0.3, -0.25) is 4.79 Å². The Labute approximate surface area is 145 Å². The summed E-state index contributed by atoms with van der Waals surface area (Å²) in [6, 6.07) is 14.7. The van der Waals surface area contributed by atoms with E-state index in [0.29, 0.717) is 17.1 Å². The number of carbonyl (C=O) groups excluding carboxylic acids is 1. The Morgan fingerprint density at radius 2 is 2.00 bits per heavy atom. The molecule has 2 rings (SSSR count). The second kappa shape index (κ2) is 8.65. The Hall–Kier alpha value is -1.91. The van der Waals surface area contributed by atoms with Crippen molar-refractivity contribution < 1.29 is 9.53 Å². The van der Waals surface area contributed by atoms with Gasteiger partial charge in [-0.15, -0.1) is 11.8 Å². The van der Waals surface area contributed by atoms with E-state index < -0.39 is 0 Å². The van der Waals surface area contributed by atoms with E-state index in [1.807, 2.05) is 30.5 Å². The van der Waals surface area contributed by atoms with Crippen LogP contribution in [0.2, 0.25) is 5.02 Å². The lowest BCUT2D eigenvalue weighted by atomic mass is 10.1. The number of carbonyl (C=O) groups is 1. The van der Waals surface area contributed by atoms with Gasteiger partial charge < -0.3 is 10.1 Å². The number of thioether (sulfide) groups is 1. The smallest absolute Gasteiger partial charge is 0.188 e. The van der Waals surface area contributed by atoms with Crippen molar-refractivity contribution in [1.29, 1.82) is 0 Å². The van der Waals surface area contributed by atoms with Crippen LogP contribution in [0.4, 0.5) is 0 Å². The van der Waals surface area contributed by atoms with E-state index in [9.17, 15) is 4.79 Å². The number of ketones is 1. The molecule has 0 fully saturated rings. The van der Waals surface area contributed by atoms with E-state index in [0.717, 1.165) is 16.3 Å². The van der Waals surface area contributed by atoms with Gasteiger partial charge in [-0.05, 0) is 36.1 Å².